The minimum atomic E-state index is -0.699. The van der Waals surface area contributed by atoms with Crippen LogP contribution >= 0.6 is 0 Å². The molecule has 0 aromatic rings. The minimum absolute atomic E-state index is 0.266. The second-order valence-electron chi connectivity index (χ2n) is 5.22. The lowest BCUT2D eigenvalue weighted by Crippen LogP contribution is -2.45. The van der Waals surface area contributed by atoms with Crippen LogP contribution in [-0.4, -0.2) is 36.5 Å². The maximum atomic E-state index is 11.7. The van der Waals surface area contributed by atoms with E-state index in [9.17, 15) is 9.59 Å². The number of hydrogen-bond acceptors (Lipinski definition) is 3. The Balaban J connectivity index is 1.86. The number of likely N-dealkylation sites (tertiary alicyclic amines) is 1. The Hall–Kier alpha value is -1.06. The molecule has 96 valence electrons. The van der Waals surface area contributed by atoms with Crippen LogP contribution in [0.15, 0.2) is 0 Å². The van der Waals surface area contributed by atoms with Crippen molar-refractivity contribution in [1.29, 1.82) is 0 Å². The third kappa shape index (κ3) is 2.61. The molecule has 0 N–H and O–H groups in total. The number of hydrogen-bond donors (Lipinski definition) is 0. The van der Waals surface area contributed by atoms with E-state index < -0.39 is 11.9 Å². The molecular weight excluding hydrogens is 218 g/mol. The van der Waals surface area contributed by atoms with Crippen LogP contribution in [0.5, 0.6) is 0 Å². The van der Waals surface area contributed by atoms with Crippen molar-refractivity contribution in [3.05, 3.63) is 0 Å². The summed E-state index contributed by atoms with van der Waals surface area (Å²) in [7, 11) is 0. The number of nitrogens with zero attached hydrogens (tertiary/aromatic N) is 1. The highest BCUT2D eigenvalue weighted by atomic mass is 16.5. The van der Waals surface area contributed by atoms with E-state index in [1.165, 1.54) is 25.7 Å². The van der Waals surface area contributed by atoms with Gasteiger partial charge in [-0.3, -0.25) is 4.79 Å². The van der Waals surface area contributed by atoms with Crippen LogP contribution in [0.25, 0.3) is 0 Å². The first kappa shape index (κ1) is 12.4. The van der Waals surface area contributed by atoms with Gasteiger partial charge in [0, 0.05) is 13.1 Å². The van der Waals surface area contributed by atoms with Crippen LogP contribution in [0.1, 0.15) is 45.4 Å². The van der Waals surface area contributed by atoms with Gasteiger partial charge in [0.15, 0.2) is 0 Å². The molecule has 1 aliphatic heterocycles. The minimum Gasteiger partial charge on any atom is -0.459 e. The first-order chi connectivity index (χ1) is 8.17. The van der Waals surface area contributed by atoms with Crippen LogP contribution in [0.3, 0.4) is 0 Å². The lowest BCUT2D eigenvalue weighted by atomic mass is 9.77. The second kappa shape index (κ2) is 5.07. The lowest BCUT2D eigenvalue weighted by Gasteiger charge is -2.38. The van der Waals surface area contributed by atoms with Crippen molar-refractivity contribution in [2.24, 2.45) is 5.41 Å². The molecule has 0 radical (unpaired) electrons. The summed E-state index contributed by atoms with van der Waals surface area (Å²) in [5.41, 5.74) is 0.478. The van der Waals surface area contributed by atoms with E-state index in [0.717, 1.165) is 25.9 Å². The van der Waals surface area contributed by atoms with Gasteiger partial charge in [-0.1, -0.05) is 12.8 Å². The molecule has 2 fully saturated rings. The maximum absolute atomic E-state index is 11.7. The Morgan fingerprint density at radius 3 is 2.24 bits per heavy atom. The highest BCUT2D eigenvalue weighted by Gasteiger charge is 2.39. The number of piperidine rings is 1. The van der Waals surface area contributed by atoms with E-state index in [1.807, 2.05) is 0 Å². The van der Waals surface area contributed by atoms with Crippen LogP contribution in [-0.2, 0) is 14.3 Å². The van der Waals surface area contributed by atoms with Gasteiger partial charge in [0.1, 0.15) is 0 Å². The normalized spacial score (nSPS) is 22.8. The van der Waals surface area contributed by atoms with Crippen LogP contribution < -0.4 is 0 Å². The molecule has 2 rings (SSSR count). The summed E-state index contributed by atoms with van der Waals surface area (Å²) in [4.78, 5) is 24.7. The van der Waals surface area contributed by atoms with Gasteiger partial charge >= 0.3 is 11.9 Å². The molecule has 4 heteroatoms. The molecule has 1 spiro atoms. The van der Waals surface area contributed by atoms with Crippen molar-refractivity contribution < 1.29 is 14.3 Å². The molecule has 2 aliphatic rings. The Bertz CT molecular complexity index is 298. The SMILES string of the molecule is CCOC(=O)C(=O)N1CCC2(CCCC2)CC1. The van der Waals surface area contributed by atoms with Crippen LogP contribution in [0.2, 0.25) is 0 Å². The fraction of sp³-hybridized carbons (Fsp3) is 0.846. The maximum Gasteiger partial charge on any atom is 0.397 e. The molecule has 1 saturated carbocycles. The highest BCUT2D eigenvalue weighted by Crippen LogP contribution is 2.46. The standard InChI is InChI=1S/C13H21NO3/c1-2-17-12(16)11(15)14-9-7-13(8-10-14)5-3-4-6-13/h2-10H2,1H3. The number of carbonyl (C=O) groups is 2. The summed E-state index contributed by atoms with van der Waals surface area (Å²) in [6.45, 7) is 3.42. The predicted octanol–water partition coefficient (Wildman–Crippen LogP) is 1.73. The fourth-order valence-electron chi connectivity index (χ4n) is 3.13. The molecule has 0 aromatic heterocycles. The molecule has 0 atom stereocenters. The van der Waals surface area contributed by atoms with Crippen molar-refractivity contribution in [2.45, 2.75) is 45.4 Å². The summed E-state index contributed by atoms with van der Waals surface area (Å²) in [6, 6.07) is 0. The molecule has 0 unspecified atom stereocenters. The largest absolute Gasteiger partial charge is 0.459 e. The summed E-state index contributed by atoms with van der Waals surface area (Å²) in [6.07, 6.45) is 7.36. The monoisotopic (exact) mass is 239 g/mol. The zero-order chi connectivity index (χ0) is 12.3. The number of esters is 1. The Morgan fingerprint density at radius 1 is 1.12 bits per heavy atom. The summed E-state index contributed by atoms with van der Waals surface area (Å²) < 4.78 is 4.74. The van der Waals surface area contributed by atoms with Crippen molar-refractivity contribution in [2.75, 3.05) is 19.7 Å². The summed E-state index contributed by atoms with van der Waals surface area (Å²) in [5, 5.41) is 0. The van der Waals surface area contributed by atoms with E-state index in [1.54, 1.807) is 11.8 Å². The van der Waals surface area contributed by atoms with Gasteiger partial charge in [0.25, 0.3) is 0 Å². The van der Waals surface area contributed by atoms with Gasteiger partial charge in [-0.15, -0.1) is 0 Å². The zero-order valence-electron chi connectivity index (χ0n) is 10.5. The van der Waals surface area contributed by atoms with E-state index in [0.29, 0.717) is 5.41 Å². The van der Waals surface area contributed by atoms with Gasteiger partial charge < -0.3 is 9.64 Å². The third-order valence-corrected chi connectivity index (χ3v) is 4.23. The van der Waals surface area contributed by atoms with Gasteiger partial charge in [0.05, 0.1) is 6.61 Å². The van der Waals surface area contributed by atoms with Crippen LogP contribution in [0.4, 0.5) is 0 Å². The lowest BCUT2D eigenvalue weighted by molar-refractivity contribution is -0.161. The molecule has 4 nitrogen and oxygen atoms in total. The highest BCUT2D eigenvalue weighted by molar-refractivity contribution is 6.32. The van der Waals surface area contributed by atoms with Gasteiger partial charge in [-0.05, 0) is 38.0 Å². The van der Waals surface area contributed by atoms with Gasteiger partial charge in [-0.25, -0.2) is 4.79 Å². The average Bonchev–Trinajstić information content (AvgIpc) is 2.78. The van der Waals surface area contributed by atoms with E-state index in [2.05, 4.69) is 0 Å². The first-order valence-corrected chi connectivity index (χ1v) is 6.63. The molecule has 0 bridgehead atoms. The summed E-state index contributed by atoms with van der Waals surface area (Å²) in [5.74, 6) is -1.16. The van der Waals surface area contributed by atoms with Crippen molar-refractivity contribution in [3.63, 3.8) is 0 Å². The zero-order valence-corrected chi connectivity index (χ0v) is 10.5. The molecule has 1 heterocycles. The number of rotatable bonds is 1. The summed E-state index contributed by atoms with van der Waals surface area (Å²) >= 11 is 0. The molecule has 1 aliphatic carbocycles. The van der Waals surface area contributed by atoms with Crippen molar-refractivity contribution >= 4 is 11.9 Å². The van der Waals surface area contributed by atoms with Crippen molar-refractivity contribution in [1.82, 2.24) is 4.90 Å². The number of amides is 1. The van der Waals surface area contributed by atoms with E-state index >= 15 is 0 Å². The quantitative estimate of drug-likeness (QED) is 0.517. The number of carbonyl (C=O) groups excluding carboxylic acids is 2. The van der Waals surface area contributed by atoms with Crippen LogP contribution in [0, 0.1) is 5.41 Å². The van der Waals surface area contributed by atoms with Gasteiger partial charge in [-0.2, -0.15) is 0 Å². The predicted molar refractivity (Wildman–Crippen MR) is 63.3 cm³/mol. The Morgan fingerprint density at radius 2 is 1.71 bits per heavy atom. The second-order valence-corrected chi connectivity index (χ2v) is 5.22. The number of ether oxygens (including phenoxy) is 1. The third-order valence-electron chi connectivity index (χ3n) is 4.23. The Kier molecular flexibility index (Phi) is 3.69. The molecule has 1 amide bonds. The smallest absolute Gasteiger partial charge is 0.397 e. The molecular formula is C13H21NO3. The molecule has 17 heavy (non-hydrogen) atoms. The molecule has 0 aromatic carbocycles. The fourth-order valence-corrected chi connectivity index (χ4v) is 3.13. The first-order valence-electron chi connectivity index (χ1n) is 6.63. The molecule has 1 saturated heterocycles. The average molecular weight is 239 g/mol. The van der Waals surface area contributed by atoms with E-state index in [-0.39, 0.29) is 6.61 Å². The topological polar surface area (TPSA) is 46.6 Å². The Labute approximate surface area is 102 Å². The van der Waals surface area contributed by atoms with Gasteiger partial charge in [0.2, 0.25) is 0 Å². The van der Waals surface area contributed by atoms with E-state index in [4.69, 9.17) is 4.74 Å². The van der Waals surface area contributed by atoms with Crippen molar-refractivity contribution in [3.8, 4) is 0 Å².